The smallest absolute Gasteiger partial charge is 0.171 e. The first-order valence-electron chi connectivity index (χ1n) is 41.4. The second-order valence-corrected chi connectivity index (χ2v) is 35.9. The number of aromatic nitrogens is 6. The lowest BCUT2D eigenvalue weighted by molar-refractivity contribution is 0.591. The van der Waals surface area contributed by atoms with Crippen molar-refractivity contribution in [1.29, 1.82) is 0 Å². The summed E-state index contributed by atoms with van der Waals surface area (Å²) in [7, 11) is -6.08. The van der Waals surface area contributed by atoms with Crippen LogP contribution in [0.1, 0.15) is 0 Å². The molecule has 0 unspecified atom stereocenters. The third-order valence-electron chi connectivity index (χ3n) is 22.6. The Hall–Kier alpha value is -15.6. The van der Waals surface area contributed by atoms with Gasteiger partial charge in [-0.2, -0.15) is 0 Å². The van der Waals surface area contributed by atoms with Crippen molar-refractivity contribution in [2.75, 3.05) is 0 Å². The van der Waals surface area contributed by atoms with Crippen molar-refractivity contribution in [1.82, 2.24) is 29.9 Å². The van der Waals surface area contributed by atoms with Crippen molar-refractivity contribution < 1.29 is 9.13 Å². The van der Waals surface area contributed by atoms with Crippen LogP contribution in [0.4, 0.5) is 0 Å². The zero-order valence-corrected chi connectivity index (χ0v) is 69.4. The maximum absolute atomic E-state index is 14.9. The van der Waals surface area contributed by atoms with Gasteiger partial charge < -0.3 is 9.13 Å². The van der Waals surface area contributed by atoms with Gasteiger partial charge in [-0.05, 0) is 101 Å². The topological polar surface area (TPSA) is 111 Å². The van der Waals surface area contributed by atoms with Crippen LogP contribution in [0.3, 0.4) is 0 Å². The molecule has 0 fully saturated rings. The zero-order valence-electron chi connectivity index (χ0n) is 67.6. The summed E-state index contributed by atoms with van der Waals surface area (Å²) >= 11 is 0. The Bertz CT molecular complexity index is 6970. The standard InChI is InChI=1S/2C57H40N3OP/c61-62(52-20-9-3-10-21-52,53-22-11-4-12-23-53)54-38-36-46(37-39-54)45-24-26-47(27-25-45)50-18-13-19-51(40-50)57-59-55(48-32-28-43(29-33-48)41-14-5-1-6-15-41)58-56(60-57)49-34-30-44(31-35-49)42-16-7-2-8-17-42;61-62(52-20-9-3-10-21-52,53-22-11-4-12-23-53)54-38-36-46(37-39-54)45-26-24-43(25-27-45)44-28-30-47(31-29-44)50-18-13-19-51(40-50)57-59-55(48-16-7-2-8-17-48)58-56(60-57)49-34-32-42(33-35-49)41-14-5-1-6-15-41/h2*1-40H. The van der Waals surface area contributed by atoms with Crippen molar-refractivity contribution in [3.63, 3.8) is 0 Å². The van der Waals surface area contributed by atoms with Crippen molar-refractivity contribution in [3.8, 4) is 157 Å². The van der Waals surface area contributed by atoms with Crippen molar-refractivity contribution in [3.05, 3.63) is 485 Å². The highest BCUT2D eigenvalue weighted by molar-refractivity contribution is 7.85. The van der Waals surface area contributed by atoms with Crippen molar-refractivity contribution in [2.45, 2.75) is 0 Å². The third kappa shape index (κ3) is 16.9. The molecule has 2 aromatic heterocycles. The highest BCUT2D eigenvalue weighted by atomic mass is 31.2. The minimum Gasteiger partial charge on any atom is -0.309 e. The molecule has 10 heteroatoms. The molecule has 0 aliphatic carbocycles. The molecular formula is C114H80N6O2P2. The lowest BCUT2D eigenvalue weighted by Crippen LogP contribution is -2.24. The van der Waals surface area contributed by atoms with Gasteiger partial charge in [-0.1, -0.05) is 473 Å². The van der Waals surface area contributed by atoms with Crippen molar-refractivity contribution in [2.24, 2.45) is 0 Å². The predicted octanol–water partition coefficient (Wildman–Crippen LogP) is 26.4. The monoisotopic (exact) mass is 1630 g/mol. The van der Waals surface area contributed by atoms with E-state index in [4.69, 9.17) is 29.9 Å². The molecule has 0 aliphatic rings. The Balaban J connectivity index is 0.000000163. The molecule has 0 saturated heterocycles. The minimum absolute atomic E-state index is 0.603. The van der Waals surface area contributed by atoms with E-state index in [2.05, 4.69) is 291 Å². The molecular weight excluding hydrogens is 1550 g/mol. The van der Waals surface area contributed by atoms with E-state index in [-0.39, 0.29) is 0 Å². The molecule has 588 valence electrons. The average Bonchev–Trinajstić information content (AvgIpc) is 0.776. The molecule has 0 N–H and O–H groups in total. The lowest BCUT2D eigenvalue weighted by Gasteiger charge is -2.20. The van der Waals surface area contributed by atoms with Gasteiger partial charge in [-0.15, -0.1) is 0 Å². The number of hydrogen-bond donors (Lipinski definition) is 0. The van der Waals surface area contributed by atoms with Crippen LogP contribution in [-0.2, 0) is 9.13 Å². The van der Waals surface area contributed by atoms with Crippen LogP contribution in [-0.4, -0.2) is 29.9 Å². The summed E-state index contributed by atoms with van der Waals surface area (Å²) in [6, 6.07) is 165. The first-order valence-corrected chi connectivity index (χ1v) is 44.8. The summed E-state index contributed by atoms with van der Waals surface area (Å²) in [5.74, 6) is 3.71. The Morgan fingerprint density at radius 3 is 0.460 bits per heavy atom. The maximum Gasteiger partial charge on any atom is 0.171 e. The van der Waals surface area contributed by atoms with Crippen molar-refractivity contribution >= 4 is 46.1 Å². The summed E-state index contributed by atoms with van der Waals surface area (Å²) in [5.41, 5.74) is 23.3. The minimum atomic E-state index is -3.05. The van der Waals surface area contributed by atoms with Gasteiger partial charge in [0, 0.05) is 65.2 Å². The summed E-state index contributed by atoms with van der Waals surface area (Å²) < 4.78 is 29.7. The van der Waals surface area contributed by atoms with Gasteiger partial charge in [0.15, 0.2) is 49.2 Å². The second kappa shape index (κ2) is 35.8. The van der Waals surface area contributed by atoms with Gasteiger partial charge in [0.2, 0.25) is 0 Å². The normalized spacial score (nSPS) is 11.3. The number of nitrogens with zero attached hydrogens (tertiary/aromatic N) is 6. The van der Waals surface area contributed by atoms with Crippen LogP contribution in [0.2, 0.25) is 0 Å². The van der Waals surface area contributed by atoms with E-state index in [9.17, 15) is 9.13 Å². The Labute approximate surface area is 722 Å². The molecule has 8 nitrogen and oxygen atoms in total. The van der Waals surface area contributed by atoms with E-state index in [0.29, 0.717) is 34.9 Å². The van der Waals surface area contributed by atoms with E-state index in [0.717, 1.165) is 149 Å². The van der Waals surface area contributed by atoms with Gasteiger partial charge in [0.05, 0.1) is 0 Å². The summed E-state index contributed by atoms with van der Waals surface area (Å²) in [6.45, 7) is 0. The second-order valence-electron chi connectivity index (χ2n) is 30.4. The van der Waals surface area contributed by atoms with E-state index >= 15 is 0 Å². The van der Waals surface area contributed by atoms with E-state index < -0.39 is 14.3 Å². The predicted molar refractivity (Wildman–Crippen MR) is 515 cm³/mol. The largest absolute Gasteiger partial charge is 0.309 e. The molecule has 20 rings (SSSR count). The Morgan fingerprint density at radius 2 is 0.242 bits per heavy atom. The Kier molecular flexibility index (Phi) is 22.6. The van der Waals surface area contributed by atoms with Crippen LogP contribution in [0, 0.1) is 0 Å². The summed E-state index contributed by atoms with van der Waals surface area (Å²) in [5, 5.41) is 4.94. The van der Waals surface area contributed by atoms with E-state index in [1.54, 1.807) is 0 Å². The van der Waals surface area contributed by atoms with Crippen LogP contribution in [0.15, 0.2) is 485 Å². The van der Waals surface area contributed by atoms with Gasteiger partial charge in [-0.25, -0.2) is 29.9 Å². The molecule has 0 spiro atoms. The fourth-order valence-electron chi connectivity index (χ4n) is 15.9. The summed E-state index contributed by atoms with van der Waals surface area (Å²) in [4.78, 5) is 30.1. The molecule has 0 atom stereocenters. The Morgan fingerprint density at radius 1 is 0.113 bits per heavy atom. The molecule has 0 saturated carbocycles. The highest BCUT2D eigenvalue weighted by Gasteiger charge is 2.31. The first-order chi connectivity index (χ1) is 61.2. The van der Waals surface area contributed by atoms with Gasteiger partial charge in [0.1, 0.15) is 0 Å². The van der Waals surface area contributed by atoms with E-state index in [1.807, 2.05) is 194 Å². The van der Waals surface area contributed by atoms with Gasteiger partial charge in [-0.3, -0.25) is 0 Å². The van der Waals surface area contributed by atoms with Gasteiger partial charge >= 0.3 is 0 Å². The molecule has 18 aromatic carbocycles. The van der Waals surface area contributed by atoms with Crippen LogP contribution in [0.5, 0.6) is 0 Å². The van der Waals surface area contributed by atoms with E-state index in [1.165, 1.54) is 5.56 Å². The average molecular weight is 1630 g/mol. The first kappa shape index (κ1) is 78.3. The van der Waals surface area contributed by atoms with Crippen LogP contribution >= 0.6 is 14.3 Å². The zero-order chi connectivity index (χ0) is 83.4. The van der Waals surface area contributed by atoms with Crippen LogP contribution in [0.25, 0.3) is 157 Å². The molecule has 0 radical (unpaired) electrons. The number of benzene rings is 18. The molecule has 0 aliphatic heterocycles. The maximum atomic E-state index is 14.9. The van der Waals surface area contributed by atoms with Crippen LogP contribution < -0.4 is 31.8 Å². The lowest BCUT2D eigenvalue weighted by atomic mass is 9.97. The molecule has 2 heterocycles. The molecule has 124 heavy (non-hydrogen) atoms. The number of rotatable bonds is 20. The summed E-state index contributed by atoms with van der Waals surface area (Å²) in [6.07, 6.45) is 0. The quantitative estimate of drug-likeness (QED) is 0.0694. The molecule has 0 bridgehead atoms. The highest BCUT2D eigenvalue weighted by Crippen LogP contribution is 2.45. The molecule has 20 aromatic rings. The fourth-order valence-corrected chi connectivity index (χ4v) is 21.2. The fraction of sp³-hybridized carbons (Fsp3) is 0. The third-order valence-corrected chi connectivity index (χ3v) is 28.7. The molecule has 0 amide bonds. The number of hydrogen-bond acceptors (Lipinski definition) is 8. The SMILES string of the molecule is O=P(c1ccccc1)(c1ccccc1)c1ccc(-c2ccc(-c3ccc(-c4cccc(-c5nc(-c6ccccc6)nc(-c6ccc(-c7ccccc7)cc6)n5)c4)cc3)cc2)cc1.O=P(c1ccccc1)(c1ccccc1)c1ccc(-c2ccc(-c3cccc(-c4nc(-c5ccc(-c6ccccc6)cc5)nc(-c5ccc(-c6ccccc6)cc5)n4)c3)cc2)cc1. The van der Waals surface area contributed by atoms with Gasteiger partial charge in [0.25, 0.3) is 0 Å².